The van der Waals surface area contributed by atoms with Gasteiger partial charge in [-0.3, -0.25) is 0 Å². The number of benzene rings is 2. The minimum absolute atomic E-state index is 0.707. The van der Waals surface area contributed by atoms with E-state index < -0.39 is 6.17 Å². The van der Waals surface area contributed by atoms with Crippen molar-refractivity contribution in [3.63, 3.8) is 0 Å². The van der Waals surface area contributed by atoms with Crippen molar-refractivity contribution in [3.05, 3.63) is 68.9 Å². The largest absolute Gasteiger partial charge is 0.141 e. The molecular weight excluding hydrogens is 216 g/mol. The number of rotatable bonds is 3. The topological polar surface area (TPSA) is 97.5 Å². The van der Waals surface area contributed by atoms with E-state index in [1.807, 2.05) is 36.4 Å². The Morgan fingerprint density at radius 1 is 0.882 bits per heavy atom. The van der Waals surface area contributed by atoms with Gasteiger partial charge in [-0.1, -0.05) is 52.7 Å². The van der Waals surface area contributed by atoms with Crippen molar-refractivity contribution in [2.45, 2.75) is 6.17 Å². The maximum atomic E-state index is 8.47. The van der Waals surface area contributed by atoms with Gasteiger partial charge in [-0.05, 0) is 27.4 Å². The van der Waals surface area contributed by atoms with Crippen LogP contribution in [-0.2, 0) is 0 Å². The number of hydrogen-bond donors (Lipinski definition) is 0. The first-order valence-electron chi connectivity index (χ1n) is 4.93. The minimum Gasteiger partial charge on any atom is -0.0798 e. The van der Waals surface area contributed by atoms with Crippen LogP contribution in [0.15, 0.2) is 52.7 Å². The molecule has 17 heavy (non-hydrogen) atoms. The number of azide groups is 1. The smallest absolute Gasteiger partial charge is 0.0798 e. The van der Waals surface area contributed by atoms with E-state index in [4.69, 9.17) is 11.1 Å². The van der Waals surface area contributed by atoms with Gasteiger partial charge in [0.15, 0.2) is 0 Å². The van der Waals surface area contributed by atoms with E-state index in [1.165, 1.54) is 0 Å². The lowest BCUT2D eigenvalue weighted by atomic mass is 10.0. The molecule has 2 rings (SSSR count). The van der Waals surface area contributed by atoms with Crippen LogP contribution in [-0.4, -0.2) is 0 Å². The Morgan fingerprint density at radius 3 is 2.24 bits per heavy atom. The van der Waals surface area contributed by atoms with Crippen LogP contribution in [0.1, 0.15) is 11.7 Å². The summed E-state index contributed by atoms with van der Waals surface area (Å²) in [6, 6.07) is 13.2. The van der Waals surface area contributed by atoms with Crippen molar-refractivity contribution >= 4 is 10.8 Å². The third kappa shape index (κ3) is 2.13. The first-order chi connectivity index (χ1) is 8.36. The van der Waals surface area contributed by atoms with Crippen LogP contribution < -0.4 is 0 Å². The SMILES string of the molecule is [N-]=[N+]=NC(N=[N+]=[N-])c1cccc2ccccc12. The van der Waals surface area contributed by atoms with E-state index in [9.17, 15) is 0 Å². The second-order valence-corrected chi connectivity index (χ2v) is 3.35. The fraction of sp³-hybridized carbons (Fsp3) is 0.0909. The lowest BCUT2D eigenvalue weighted by molar-refractivity contribution is 0.763. The summed E-state index contributed by atoms with van der Waals surface area (Å²) in [7, 11) is 0. The maximum Gasteiger partial charge on any atom is 0.141 e. The van der Waals surface area contributed by atoms with Crippen LogP contribution in [0, 0.1) is 0 Å². The predicted octanol–water partition coefficient (Wildman–Crippen LogP) is 4.46. The van der Waals surface area contributed by atoms with E-state index in [1.54, 1.807) is 6.07 Å². The van der Waals surface area contributed by atoms with E-state index in [0.29, 0.717) is 5.56 Å². The van der Waals surface area contributed by atoms with Crippen LogP contribution in [0.3, 0.4) is 0 Å². The molecule has 6 nitrogen and oxygen atoms in total. The van der Waals surface area contributed by atoms with Gasteiger partial charge in [0.05, 0.1) is 0 Å². The molecule has 0 radical (unpaired) electrons. The molecule has 0 aliphatic heterocycles. The highest BCUT2D eigenvalue weighted by atomic mass is 15.3. The Bertz CT molecular complexity index is 614. The summed E-state index contributed by atoms with van der Waals surface area (Å²) >= 11 is 0. The number of hydrogen-bond acceptors (Lipinski definition) is 2. The fourth-order valence-corrected chi connectivity index (χ4v) is 1.72. The predicted molar refractivity (Wildman–Crippen MR) is 65.0 cm³/mol. The summed E-state index contributed by atoms with van der Waals surface area (Å²) in [5.41, 5.74) is 17.7. The van der Waals surface area contributed by atoms with Gasteiger partial charge in [-0.15, -0.1) is 0 Å². The van der Waals surface area contributed by atoms with Crippen LogP contribution >= 0.6 is 0 Å². The van der Waals surface area contributed by atoms with Crippen molar-refractivity contribution < 1.29 is 0 Å². The minimum atomic E-state index is -0.851. The number of fused-ring (bicyclic) bond motifs is 1. The first-order valence-corrected chi connectivity index (χ1v) is 4.93. The van der Waals surface area contributed by atoms with Gasteiger partial charge in [0.25, 0.3) is 0 Å². The molecule has 0 aliphatic carbocycles. The standard InChI is InChI=1S/C11H8N6/c12-16-14-11(15-17-13)10-7-3-5-8-4-1-2-6-9(8)10/h1-7,11H. The van der Waals surface area contributed by atoms with Gasteiger partial charge < -0.3 is 0 Å². The zero-order chi connectivity index (χ0) is 12.1. The molecule has 0 bridgehead atoms. The van der Waals surface area contributed by atoms with Gasteiger partial charge in [-0.2, -0.15) is 0 Å². The van der Waals surface area contributed by atoms with Gasteiger partial charge in [-0.25, -0.2) is 0 Å². The third-order valence-corrected chi connectivity index (χ3v) is 2.42. The van der Waals surface area contributed by atoms with E-state index in [-0.39, 0.29) is 0 Å². The molecule has 0 aromatic heterocycles. The average Bonchev–Trinajstić information content (AvgIpc) is 2.38. The summed E-state index contributed by atoms with van der Waals surface area (Å²) in [5, 5.41) is 8.92. The molecule has 0 atom stereocenters. The van der Waals surface area contributed by atoms with Gasteiger partial charge in [0.1, 0.15) is 6.17 Å². The molecule has 2 aromatic rings. The summed E-state index contributed by atoms with van der Waals surface area (Å²) in [5.74, 6) is 0. The monoisotopic (exact) mass is 224 g/mol. The van der Waals surface area contributed by atoms with Crippen LogP contribution in [0.2, 0.25) is 0 Å². The second kappa shape index (κ2) is 4.90. The first kappa shape index (κ1) is 10.8. The lowest BCUT2D eigenvalue weighted by Gasteiger charge is -2.08. The summed E-state index contributed by atoms with van der Waals surface area (Å²) in [4.78, 5) is 5.40. The van der Waals surface area contributed by atoms with Crippen LogP contribution in [0.4, 0.5) is 0 Å². The zero-order valence-corrected chi connectivity index (χ0v) is 8.80. The molecule has 0 saturated heterocycles. The summed E-state index contributed by atoms with van der Waals surface area (Å²) in [6.07, 6.45) is -0.851. The molecule has 0 saturated carbocycles. The highest BCUT2D eigenvalue weighted by molar-refractivity contribution is 5.86. The zero-order valence-electron chi connectivity index (χ0n) is 8.80. The molecule has 0 unspecified atom stereocenters. The number of nitrogens with zero attached hydrogens (tertiary/aromatic N) is 6. The molecule has 2 aromatic carbocycles. The average molecular weight is 224 g/mol. The third-order valence-electron chi connectivity index (χ3n) is 2.42. The Labute approximate surface area is 96.7 Å². The van der Waals surface area contributed by atoms with Crippen molar-refractivity contribution in [3.8, 4) is 0 Å². The van der Waals surface area contributed by atoms with E-state index >= 15 is 0 Å². The normalized spacial score (nSPS) is 11.3. The highest BCUT2D eigenvalue weighted by Gasteiger charge is 2.10. The Morgan fingerprint density at radius 2 is 1.53 bits per heavy atom. The Balaban J connectivity index is 2.68. The van der Waals surface area contributed by atoms with E-state index in [2.05, 4.69) is 20.1 Å². The van der Waals surface area contributed by atoms with Gasteiger partial charge >= 0.3 is 0 Å². The molecule has 0 amide bonds. The molecule has 0 heterocycles. The Kier molecular flexibility index (Phi) is 3.12. The molecule has 6 heteroatoms. The fourth-order valence-electron chi connectivity index (χ4n) is 1.72. The molecule has 0 N–H and O–H groups in total. The molecular formula is C11H8N6. The van der Waals surface area contributed by atoms with E-state index in [0.717, 1.165) is 10.8 Å². The summed E-state index contributed by atoms with van der Waals surface area (Å²) < 4.78 is 0. The van der Waals surface area contributed by atoms with Gasteiger partial charge in [0, 0.05) is 9.82 Å². The maximum absolute atomic E-state index is 8.47. The van der Waals surface area contributed by atoms with Crippen molar-refractivity contribution in [1.82, 2.24) is 0 Å². The van der Waals surface area contributed by atoms with Crippen molar-refractivity contribution in [2.24, 2.45) is 10.2 Å². The van der Waals surface area contributed by atoms with Gasteiger partial charge in [0.2, 0.25) is 0 Å². The molecule has 0 spiro atoms. The quantitative estimate of drug-likeness (QED) is 0.417. The lowest BCUT2D eigenvalue weighted by Crippen LogP contribution is -1.91. The highest BCUT2D eigenvalue weighted by Crippen LogP contribution is 2.27. The van der Waals surface area contributed by atoms with Crippen molar-refractivity contribution in [1.29, 1.82) is 0 Å². The van der Waals surface area contributed by atoms with Crippen LogP contribution in [0.5, 0.6) is 0 Å². The molecule has 0 aliphatic rings. The molecule has 0 fully saturated rings. The Hall–Kier alpha value is -2.68. The summed E-state index contributed by atoms with van der Waals surface area (Å²) in [6.45, 7) is 0. The second-order valence-electron chi connectivity index (χ2n) is 3.35. The molecule has 82 valence electrons. The van der Waals surface area contributed by atoms with Crippen molar-refractivity contribution in [2.75, 3.05) is 0 Å². The van der Waals surface area contributed by atoms with Crippen LogP contribution in [0.25, 0.3) is 31.7 Å².